The second-order valence-corrected chi connectivity index (χ2v) is 8.15. The van der Waals surface area contributed by atoms with E-state index in [0.29, 0.717) is 40.7 Å². The minimum Gasteiger partial charge on any atom is -0.496 e. The summed E-state index contributed by atoms with van der Waals surface area (Å²) < 4.78 is 17.2. The van der Waals surface area contributed by atoms with Gasteiger partial charge in [0.2, 0.25) is 5.78 Å². The van der Waals surface area contributed by atoms with Crippen LogP contribution in [0.1, 0.15) is 45.4 Å². The monoisotopic (exact) mass is 401 g/mol. The van der Waals surface area contributed by atoms with Crippen molar-refractivity contribution < 1.29 is 19.0 Å². The molecule has 1 aromatic heterocycles. The van der Waals surface area contributed by atoms with Gasteiger partial charge in [0.25, 0.3) is 0 Å². The third-order valence-electron chi connectivity index (χ3n) is 6.43. The van der Waals surface area contributed by atoms with Gasteiger partial charge in [0.05, 0.1) is 14.2 Å². The van der Waals surface area contributed by atoms with Crippen molar-refractivity contribution in [3.8, 4) is 17.2 Å². The van der Waals surface area contributed by atoms with Crippen LogP contribution in [-0.4, -0.2) is 30.6 Å². The van der Waals surface area contributed by atoms with Crippen LogP contribution in [0, 0.1) is 26.7 Å². The van der Waals surface area contributed by atoms with Gasteiger partial charge in [0, 0.05) is 29.8 Å². The second kappa shape index (κ2) is 6.38. The molecule has 1 aliphatic heterocycles. The van der Waals surface area contributed by atoms with E-state index in [-0.39, 0.29) is 11.7 Å². The number of hydrogen-bond donors (Lipinski definition) is 0. The Morgan fingerprint density at radius 1 is 1.18 bits per heavy atom. The van der Waals surface area contributed by atoms with E-state index in [1.807, 2.05) is 13.8 Å². The number of fused-ring (bicyclic) bond motifs is 2. The molecule has 2 atom stereocenters. The fourth-order valence-corrected chi connectivity index (χ4v) is 4.72. The summed E-state index contributed by atoms with van der Waals surface area (Å²) in [5, 5.41) is 0.302. The van der Waals surface area contributed by atoms with Crippen LogP contribution in [0.2, 0.25) is 5.02 Å². The van der Waals surface area contributed by atoms with Crippen LogP contribution in [-0.2, 0) is 12.8 Å². The molecular weight excluding hydrogens is 378 g/mol. The summed E-state index contributed by atoms with van der Waals surface area (Å²) in [6.07, 6.45) is 1.15. The van der Waals surface area contributed by atoms with Crippen LogP contribution in [0.4, 0.5) is 0 Å². The minimum absolute atomic E-state index is 0.0549. The number of Topliss-reactive ketones (excluding diaryl/α,β-unsaturated/α-hetero) is 1. The number of ketones is 1. The van der Waals surface area contributed by atoms with Crippen molar-refractivity contribution in [2.45, 2.75) is 46.1 Å². The first kappa shape index (κ1) is 19.1. The molecule has 0 amide bonds. The first-order valence-electron chi connectivity index (χ1n) is 9.39. The van der Waals surface area contributed by atoms with Crippen LogP contribution in [0.15, 0.2) is 6.07 Å². The average Bonchev–Trinajstić information content (AvgIpc) is 2.97. The Kier molecular flexibility index (Phi) is 4.34. The Hall–Kier alpha value is -2.27. The smallest absolute Gasteiger partial charge is 0.214 e. The third kappa shape index (κ3) is 2.38. The summed E-state index contributed by atoms with van der Waals surface area (Å²) in [6, 6.07) is 1.64. The average molecular weight is 402 g/mol. The van der Waals surface area contributed by atoms with Gasteiger partial charge in [0.1, 0.15) is 22.1 Å². The molecule has 1 aromatic carbocycles. The molecule has 4 rings (SSSR count). The predicted octanol–water partition coefficient (Wildman–Crippen LogP) is 4.43. The Morgan fingerprint density at radius 2 is 1.86 bits per heavy atom. The highest BCUT2D eigenvalue weighted by molar-refractivity contribution is 6.35. The van der Waals surface area contributed by atoms with Crippen molar-refractivity contribution in [1.82, 2.24) is 4.98 Å². The van der Waals surface area contributed by atoms with E-state index in [1.165, 1.54) is 19.8 Å². The number of carbonyl (C=O) groups is 1. The Labute approximate surface area is 170 Å². The highest BCUT2D eigenvalue weighted by Gasteiger charge is 2.56. The molecule has 1 spiro atoms. The quantitative estimate of drug-likeness (QED) is 0.745. The number of rotatable bonds is 2. The molecule has 0 saturated carbocycles. The maximum atomic E-state index is 13.7. The molecule has 0 unspecified atom stereocenters. The molecule has 5 nitrogen and oxygen atoms in total. The van der Waals surface area contributed by atoms with Crippen LogP contribution < -0.4 is 14.2 Å². The fourth-order valence-electron chi connectivity index (χ4n) is 4.45. The molecule has 2 aliphatic rings. The molecule has 6 heteroatoms. The number of ether oxygens (including phenoxy) is 3. The first-order valence-corrected chi connectivity index (χ1v) is 9.76. The number of methoxy groups -OCH3 is 2. The number of carbonyl (C=O) groups excluding carboxylic acids is 1. The van der Waals surface area contributed by atoms with Gasteiger partial charge in [-0.1, -0.05) is 18.5 Å². The van der Waals surface area contributed by atoms with Crippen molar-refractivity contribution in [3.05, 3.63) is 44.7 Å². The number of pyridine rings is 1. The lowest BCUT2D eigenvalue weighted by atomic mass is 9.71. The van der Waals surface area contributed by atoms with E-state index in [4.69, 9.17) is 30.8 Å². The molecular formula is C22H24ClNO4. The zero-order chi connectivity index (χ0) is 20.4. The van der Waals surface area contributed by atoms with Crippen LogP contribution in [0.5, 0.6) is 17.2 Å². The summed E-state index contributed by atoms with van der Waals surface area (Å²) in [5.41, 5.74) is 4.92. The summed E-state index contributed by atoms with van der Waals surface area (Å²) >= 11 is 6.51. The number of halogens is 1. The van der Waals surface area contributed by atoms with Crippen molar-refractivity contribution in [3.63, 3.8) is 0 Å². The lowest BCUT2D eigenvalue weighted by Crippen LogP contribution is -2.52. The van der Waals surface area contributed by atoms with Gasteiger partial charge in [-0.3, -0.25) is 9.78 Å². The van der Waals surface area contributed by atoms with E-state index in [0.717, 1.165) is 22.5 Å². The number of benzene rings is 1. The summed E-state index contributed by atoms with van der Waals surface area (Å²) in [5.74, 6) is 1.06. The van der Waals surface area contributed by atoms with Crippen LogP contribution >= 0.6 is 11.6 Å². The zero-order valence-corrected chi connectivity index (χ0v) is 17.8. The lowest BCUT2D eigenvalue weighted by Gasteiger charge is -2.39. The molecule has 28 heavy (non-hydrogen) atoms. The predicted molar refractivity (Wildman–Crippen MR) is 107 cm³/mol. The van der Waals surface area contributed by atoms with Gasteiger partial charge >= 0.3 is 0 Å². The van der Waals surface area contributed by atoms with E-state index < -0.39 is 5.60 Å². The van der Waals surface area contributed by atoms with Gasteiger partial charge in [-0.15, -0.1) is 0 Å². The van der Waals surface area contributed by atoms with Gasteiger partial charge < -0.3 is 14.2 Å². The molecule has 148 valence electrons. The molecule has 0 saturated heterocycles. The Bertz CT molecular complexity index is 1020. The Morgan fingerprint density at radius 3 is 2.50 bits per heavy atom. The number of nitrogens with zero attached hydrogens (tertiary/aromatic N) is 1. The van der Waals surface area contributed by atoms with Gasteiger partial charge in [-0.2, -0.15) is 0 Å². The zero-order valence-electron chi connectivity index (χ0n) is 17.0. The van der Waals surface area contributed by atoms with Crippen molar-refractivity contribution in [2.75, 3.05) is 14.2 Å². The highest BCUT2D eigenvalue weighted by atomic mass is 35.5. The molecule has 1 aliphatic carbocycles. The minimum atomic E-state index is -1.01. The molecule has 0 bridgehead atoms. The molecule has 2 aromatic rings. The number of aromatic nitrogens is 1. The standard InChI is InChI=1S/C22H24ClNO4/c1-10-7-15-14(12(3)11(2)13(4)24-15)9-22(10)21(25)18-16(26-5)8-17(27-6)19(23)20(18)28-22/h8,10H,7,9H2,1-6H3/t10-,22-/m1/s1. The topological polar surface area (TPSA) is 57.6 Å². The summed E-state index contributed by atoms with van der Waals surface area (Å²) in [6.45, 7) is 8.23. The maximum absolute atomic E-state index is 13.7. The lowest BCUT2D eigenvalue weighted by molar-refractivity contribution is 0.0261. The van der Waals surface area contributed by atoms with Gasteiger partial charge in [-0.25, -0.2) is 0 Å². The fraction of sp³-hybridized carbons (Fsp3) is 0.455. The normalized spacial score (nSPS) is 22.7. The van der Waals surface area contributed by atoms with Gasteiger partial charge in [0.15, 0.2) is 11.4 Å². The van der Waals surface area contributed by atoms with E-state index in [2.05, 4.69) is 13.8 Å². The Balaban J connectivity index is 1.89. The van der Waals surface area contributed by atoms with E-state index >= 15 is 0 Å². The molecule has 2 heterocycles. The SMILES string of the molecule is COc1cc(OC)c2c(c1Cl)O[C@@]1(Cc3c(nc(C)c(C)c3C)C[C@H]1C)C2=O. The molecule has 0 N–H and O–H groups in total. The largest absolute Gasteiger partial charge is 0.496 e. The second-order valence-electron chi connectivity index (χ2n) is 7.77. The number of hydrogen-bond acceptors (Lipinski definition) is 5. The van der Waals surface area contributed by atoms with Crippen molar-refractivity contribution >= 4 is 17.4 Å². The first-order chi connectivity index (χ1) is 13.2. The number of aryl methyl sites for hydroxylation is 1. The highest BCUT2D eigenvalue weighted by Crippen LogP contribution is 2.53. The summed E-state index contributed by atoms with van der Waals surface area (Å²) in [4.78, 5) is 18.5. The van der Waals surface area contributed by atoms with Gasteiger partial charge in [-0.05, 0) is 43.9 Å². The molecule has 0 fully saturated rings. The van der Waals surface area contributed by atoms with Crippen molar-refractivity contribution in [1.29, 1.82) is 0 Å². The third-order valence-corrected chi connectivity index (χ3v) is 6.79. The van der Waals surface area contributed by atoms with E-state index in [1.54, 1.807) is 6.07 Å². The van der Waals surface area contributed by atoms with Crippen LogP contribution in [0.3, 0.4) is 0 Å². The van der Waals surface area contributed by atoms with E-state index in [9.17, 15) is 4.79 Å². The van der Waals surface area contributed by atoms with Crippen LogP contribution in [0.25, 0.3) is 0 Å². The molecule has 0 radical (unpaired) electrons. The van der Waals surface area contributed by atoms with Crippen molar-refractivity contribution in [2.24, 2.45) is 5.92 Å². The summed E-state index contributed by atoms with van der Waals surface area (Å²) in [7, 11) is 3.06. The maximum Gasteiger partial charge on any atom is 0.214 e.